The van der Waals surface area contributed by atoms with Gasteiger partial charge in [0.25, 0.3) is 5.56 Å². The van der Waals surface area contributed by atoms with E-state index in [2.05, 4.69) is 16.9 Å². The minimum atomic E-state index is -0.000324. The summed E-state index contributed by atoms with van der Waals surface area (Å²) >= 11 is 0. The van der Waals surface area contributed by atoms with E-state index in [9.17, 15) is 4.79 Å². The van der Waals surface area contributed by atoms with Crippen LogP contribution in [0.4, 0.5) is 5.95 Å². The Kier molecular flexibility index (Phi) is 6.11. The fourth-order valence-electron chi connectivity index (χ4n) is 1.46. The SMILES string of the molecule is CCCCc1c(C)nc(N(C)C)[nH]c1=O.Cl. The van der Waals surface area contributed by atoms with Crippen LogP contribution in [0.3, 0.4) is 0 Å². The van der Waals surface area contributed by atoms with Crippen LogP contribution in [0.1, 0.15) is 31.0 Å². The third kappa shape index (κ3) is 3.52. The van der Waals surface area contributed by atoms with Crippen molar-refractivity contribution in [1.82, 2.24) is 9.97 Å². The van der Waals surface area contributed by atoms with Gasteiger partial charge in [-0.05, 0) is 19.8 Å². The number of aryl methyl sites for hydroxylation is 1. The number of aromatic nitrogens is 2. The molecular weight excluding hydrogens is 226 g/mol. The van der Waals surface area contributed by atoms with Gasteiger partial charge in [-0.15, -0.1) is 12.4 Å². The second-order valence-electron chi connectivity index (χ2n) is 3.95. The molecule has 1 aromatic heterocycles. The fourth-order valence-corrected chi connectivity index (χ4v) is 1.46. The van der Waals surface area contributed by atoms with Gasteiger partial charge in [0.15, 0.2) is 0 Å². The molecule has 0 amide bonds. The van der Waals surface area contributed by atoms with Gasteiger partial charge in [0, 0.05) is 25.4 Å². The fraction of sp³-hybridized carbons (Fsp3) is 0.636. The number of aromatic amines is 1. The summed E-state index contributed by atoms with van der Waals surface area (Å²) < 4.78 is 0. The Morgan fingerprint density at radius 3 is 2.44 bits per heavy atom. The van der Waals surface area contributed by atoms with Crippen LogP contribution in [0, 0.1) is 6.92 Å². The van der Waals surface area contributed by atoms with Crippen LogP contribution >= 0.6 is 12.4 Å². The van der Waals surface area contributed by atoms with Gasteiger partial charge in [-0.1, -0.05) is 13.3 Å². The maximum absolute atomic E-state index is 11.7. The summed E-state index contributed by atoms with van der Waals surface area (Å²) in [4.78, 5) is 20.7. The molecule has 0 unspecified atom stereocenters. The van der Waals surface area contributed by atoms with E-state index in [0.717, 1.165) is 30.5 Å². The molecule has 0 bridgehead atoms. The lowest BCUT2D eigenvalue weighted by Gasteiger charge is -2.12. The Balaban J connectivity index is 0.00000225. The Morgan fingerprint density at radius 2 is 2.00 bits per heavy atom. The first-order chi connectivity index (χ1) is 7.06. The number of anilines is 1. The van der Waals surface area contributed by atoms with Gasteiger partial charge in [0.1, 0.15) is 0 Å². The average molecular weight is 246 g/mol. The lowest BCUT2D eigenvalue weighted by Crippen LogP contribution is -2.22. The van der Waals surface area contributed by atoms with E-state index in [0.29, 0.717) is 5.95 Å². The molecule has 0 saturated carbocycles. The predicted molar refractivity (Wildman–Crippen MR) is 69.8 cm³/mol. The standard InChI is InChI=1S/C11H19N3O.ClH/c1-5-6-7-9-8(2)12-11(14(3)4)13-10(9)15;/h5-7H2,1-4H3,(H,12,13,15);1H. The first-order valence-electron chi connectivity index (χ1n) is 5.33. The molecule has 1 heterocycles. The summed E-state index contributed by atoms with van der Waals surface area (Å²) in [6.07, 6.45) is 2.94. The summed E-state index contributed by atoms with van der Waals surface area (Å²) in [6, 6.07) is 0. The zero-order valence-corrected chi connectivity index (χ0v) is 11.1. The van der Waals surface area contributed by atoms with E-state index in [1.54, 1.807) is 4.90 Å². The lowest BCUT2D eigenvalue weighted by atomic mass is 10.1. The highest BCUT2D eigenvalue weighted by molar-refractivity contribution is 5.85. The molecule has 1 N–H and O–H groups in total. The lowest BCUT2D eigenvalue weighted by molar-refractivity contribution is 0.771. The minimum Gasteiger partial charge on any atom is -0.348 e. The number of nitrogens with one attached hydrogen (secondary N) is 1. The van der Waals surface area contributed by atoms with Crippen LogP contribution in [-0.2, 0) is 6.42 Å². The van der Waals surface area contributed by atoms with Gasteiger partial charge >= 0.3 is 0 Å². The van der Waals surface area contributed by atoms with E-state index in [1.807, 2.05) is 21.0 Å². The number of rotatable bonds is 4. The van der Waals surface area contributed by atoms with Crippen LogP contribution in [0.2, 0.25) is 0 Å². The zero-order chi connectivity index (χ0) is 11.4. The van der Waals surface area contributed by atoms with Crippen LogP contribution in [0.15, 0.2) is 4.79 Å². The maximum atomic E-state index is 11.7. The number of H-pyrrole nitrogens is 1. The largest absolute Gasteiger partial charge is 0.348 e. The quantitative estimate of drug-likeness (QED) is 0.882. The van der Waals surface area contributed by atoms with Crippen LogP contribution < -0.4 is 10.5 Å². The van der Waals surface area contributed by atoms with Crippen LogP contribution in [0.25, 0.3) is 0 Å². The minimum absolute atomic E-state index is 0. The summed E-state index contributed by atoms with van der Waals surface area (Å²) in [5.41, 5.74) is 1.66. The van der Waals surface area contributed by atoms with Crippen molar-refractivity contribution >= 4 is 18.4 Å². The van der Waals surface area contributed by atoms with Gasteiger partial charge < -0.3 is 4.90 Å². The van der Waals surface area contributed by atoms with Crippen molar-refractivity contribution in [2.45, 2.75) is 33.1 Å². The van der Waals surface area contributed by atoms with Crippen molar-refractivity contribution in [3.8, 4) is 0 Å². The third-order valence-corrected chi connectivity index (χ3v) is 2.41. The monoisotopic (exact) mass is 245 g/mol. The van der Waals surface area contributed by atoms with E-state index >= 15 is 0 Å². The summed E-state index contributed by atoms with van der Waals surface area (Å²) in [5.74, 6) is 0.623. The molecule has 0 radical (unpaired) electrons. The molecule has 92 valence electrons. The van der Waals surface area contributed by atoms with E-state index in [-0.39, 0.29) is 18.0 Å². The number of hydrogen-bond donors (Lipinski definition) is 1. The van der Waals surface area contributed by atoms with E-state index in [1.165, 1.54) is 0 Å². The second-order valence-corrected chi connectivity index (χ2v) is 3.95. The number of unbranched alkanes of at least 4 members (excludes halogenated alkanes) is 1. The molecule has 0 fully saturated rings. The molecule has 0 aliphatic carbocycles. The van der Waals surface area contributed by atoms with Gasteiger partial charge in [0.05, 0.1) is 0 Å². The van der Waals surface area contributed by atoms with E-state index in [4.69, 9.17) is 0 Å². The van der Waals surface area contributed by atoms with Crippen LogP contribution in [0.5, 0.6) is 0 Å². The average Bonchev–Trinajstić information content (AvgIpc) is 2.16. The Hall–Kier alpha value is -1.03. The Labute approximate surface area is 102 Å². The number of hydrogen-bond acceptors (Lipinski definition) is 3. The topological polar surface area (TPSA) is 49.0 Å². The highest BCUT2D eigenvalue weighted by Gasteiger charge is 2.08. The third-order valence-electron chi connectivity index (χ3n) is 2.41. The van der Waals surface area contributed by atoms with Crippen molar-refractivity contribution in [2.75, 3.05) is 19.0 Å². The smallest absolute Gasteiger partial charge is 0.255 e. The summed E-state index contributed by atoms with van der Waals surface area (Å²) in [5, 5.41) is 0. The molecule has 0 spiro atoms. The molecule has 16 heavy (non-hydrogen) atoms. The predicted octanol–water partition coefficient (Wildman–Crippen LogP) is 1.91. The number of halogens is 1. The molecule has 0 aliphatic heterocycles. The Morgan fingerprint density at radius 1 is 1.38 bits per heavy atom. The van der Waals surface area contributed by atoms with Gasteiger partial charge in [-0.25, -0.2) is 4.98 Å². The molecule has 0 saturated heterocycles. The van der Waals surface area contributed by atoms with E-state index < -0.39 is 0 Å². The zero-order valence-electron chi connectivity index (χ0n) is 10.3. The van der Waals surface area contributed by atoms with Crippen LogP contribution in [-0.4, -0.2) is 24.1 Å². The molecular formula is C11H20ClN3O. The van der Waals surface area contributed by atoms with Gasteiger partial charge in [0.2, 0.25) is 5.95 Å². The molecule has 5 heteroatoms. The highest BCUT2D eigenvalue weighted by atomic mass is 35.5. The molecule has 1 aromatic rings. The molecule has 0 aromatic carbocycles. The van der Waals surface area contributed by atoms with Crippen molar-refractivity contribution in [2.24, 2.45) is 0 Å². The van der Waals surface area contributed by atoms with Crippen molar-refractivity contribution in [3.63, 3.8) is 0 Å². The second kappa shape index (κ2) is 6.53. The Bertz CT molecular complexity index is 387. The maximum Gasteiger partial charge on any atom is 0.255 e. The molecule has 4 nitrogen and oxygen atoms in total. The summed E-state index contributed by atoms with van der Waals surface area (Å²) in [6.45, 7) is 4.01. The van der Waals surface area contributed by atoms with Crippen molar-refractivity contribution in [3.05, 3.63) is 21.6 Å². The van der Waals surface area contributed by atoms with Gasteiger partial charge in [-0.3, -0.25) is 9.78 Å². The van der Waals surface area contributed by atoms with Crippen molar-refractivity contribution in [1.29, 1.82) is 0 Å². The van der Waals surface area contributed by atoms with Gasteiger partial charge in [-0.2, -0.15) is 0 Å². The first kappa shape index (κ1) is 15.0. The first-order valence-corrected chi connectivity index (χ1v) is 5.33. The molecule has 0 atom stereocenters. The molecule has 1 rings (SSSR count). The summed E-state index contributed by atoms with van der Waals surface area (Å²) in [7, 11) is 3.73. The normalized spacial score (nSPS) is 9.75. The van der Waals surface area contributed by atoms with Crippen molar-refractivity contribution < 1.29 is 0 Å². The number of nitrogens with zero attached hydrogens (tertiary/aromatic N) is 2. The highest BCUT2D eigenvalue weighted by Crippen LogP contribution is 2.07. The molecule has 0 aliphatic rings.